The minimum Gasteiger partial charge on any atom is -0.497 e. The highest BCUT2D eigenvalue weighted by Gasteiger charge is 2.31. The Labute approximate surface area is 203 Å². The summed E-state index contributed by atoms with van der Waals surface area (Å²) in [5.41, 5.74) is 1.81. The lowest BCUT2D eigenvalue weighted by Crippen LogP contribution is -2.44. The number of aliphatic imine (C=N–C) groups is 1. The Morgan fingerprint density at radius 1 is 1.22 bits per heavy atom. The van der Waals surface area contributed by atoms with Gasteiger partial charge in [-0.1, -0.05) is 18.2 Å². The van der Waals surface area contributed by atoms with Gasteiger partial charge in [0.1, 0.15) is 11.6 Å². The number of aromatic nitrogens is 3. The van der Waals surface area contributed by atoms with E-state index in [-0.39, 0.29) is 35.9 Å². The molecule has 1 atom stereocenters. The fourth-order valence-corrected chi connectivity index (χ4v) is 3.46. The van der Waals surface area contributed by atoms with Crippen LogP contribution in [0.4, 0.5) is 5.69 Å². The third-order valence-electron chi connectivity index (χ3n) is 5.06. The molecule has 3 N–H and O–H groups in total. The highest BCUT2D eigenvalue weighted by atomic mass is 127. The molecule has 0 radical (unpaired) electrons. The summed E-state index contributed by atoms with van der Waals surface area (Å²) in [7, 11) is 3.33. The van der Waals surface area contributed by atoms with E-state index < -0.39 is 0 Å². The molecule has 10 heteroatoms. The number of anilines is 1. The maximum absolute atomic E-state index is 12.4. The van der Waals surface area contributed by atoms with Gasteiger partial charge in [-0.15, -0.1) is 24.0 Å². The second kappa shape index (κ2) is 10.9. The van der Waals surface area contributed by atoms with Crippen molar-refractivity contribution in [1.82, 2.24) is 25.8 Å². The van der Waals surface area contributed by atoms with Crippen molar-refractivity contribution in [3.05, 3.63) is 60.4 Å². The number of methoxy groups -OCH3 is 1. The zero-order chi connectivity index (χ0) is 21.6. The van der Waals surface area contributed by atoms with Gasteiger partial charge in [-0.25, -0.2) is 4.98 Å². The van der Waals surface area contributed by atoms with Crippen molar-refractivity contribution in [2.24, 2.45) is 4.99 Å². The van der Waals surface area contributed by atoms with E-state index in [9.17, 15) is 4.79 Å². The van der Waals surface area contributed by atoms with Gasteiger partial charge in [0.15, 0.2) is 11.8 Å². The third kappa shape index (κ3) is 5.55. The van der Waals surface area contributed by atoms with Crippen molar-refractivity contribution in [1.29, 1.82) is 0 Å². The Kier molecular flexibility index (Phi) is 8.03. The highest BCUT2D eigenvalue weighted by molar-refractivity contribution is 14.0. The van der Waals surface area contributed by atoms with Gasteiger partial charge in [0.25, 0.3) is 0 Å². The lowest BCUT2D eigenvalue weighted by molar-refractivity contribution is -0.117. The number of nitrogens with one attached hydrogen (secondary N) is 3. The van der Waals surface area contributed by atoms with Crippen LogP contribution in [-0.2, 0) is 11.3 Å². The summed E-state index contributed by atoms with van der Waals surface area (Å²) in [6, 6.07) is 17.2. The summed E-state index contributed by atoms with van der Waals surface area (Å²) in [6.07, 6.45) is 0.416. The minimum atomic E-state index is -0.0245. The molecule has 0 bridgehead atoms. The summed E-state index contributed by atoms with van der Waals surface area (Å²) >= 11 is 0. The summed E-state index contributed by atoms with van der Waals surface area (Å²) in [6.45, 7) is 1.01. The number of carbonyl (C=O) groups excluding carboxylic acids is 1. The normalized spacial score (nSPS) is 15.9. The number of hydrogen-bond acceptors (Lipinski definition) is 5. The molecule has 1 aliphatic rings. The lowest BCUT2D eigenvalue weighted by atomic mass is 10.2. The molecule has 1 unspecified atom stereocenters. The highest BCUT2D eigenvalue weighted by Crippen LogP contribution is 2.21. The number of para-hydroxylation sites is 1. The topological polar surface area (TPSA) is 108 Å². The van der Waals surface area contributed by atoms with Crippen molar-refractivity contribution in [3.8, 4) is 17.1 Å². The summed E-state index contributed by atoms with van der Waals surface area (Å²) in [5.74, 6) is 2.78. The third-order valence-corrected chi connectivity index (χ3v) is 5.06. The zero-order valence-corrected chi connectivity index (χ0v) is 20.2. The molecule has 0 aliphatic carbocycles. The zero-order valence-electron chi connectivity index (χ0n) is 17.9. The smallest absolute Gasteiger partial charge is 0.229 e. The second-order valence-electron chi connectivity index (χ2n) is 7.15. The number of carbonyl (C=O) groups is 1. The molecule has 3 aromatic rings. The number of rotatable bonds is 6. The molecule has 0 spiro atoms. The van der Waals surface area contributed by atoms with Crippen LogP contribution in [0.5, 0.6) is 5.75 Å². The number of nitrogens with zero attached hydrogens (tertiary/aromatic N) is 4. The molecule has 1 amide bonds. The van der Waals surface area contributed by atoms with E-state index in [0.29, 0.717) is 37.1 Å². The van der Waals surface area contributed by atoms with Crippen LogP contribution in [0.1, 0.15) is 12.2 Å². The van der Waals surface area contributed by atoms with Gasteiger partial charge >= 0.3 is 0 Å². The molecular formula is C22H26IN7O2. The maximum atomic E-state index is 12.4. The van der Waals surface area contributed by atoms with E-state index in [1.165, 1.54) is 0 Å². The number of guanidine groups is 1. The lowest BCUT2D eigenvalue weighted by Gasteiger charge is -2.18. The fourth-order valence-electron chi connectivity index (χ4n) is 3.46. The van der Waals surface area contributed by atoms with Crippen LogP contribution in [0.15, 0.2) is 59.6 Å². The number of halogens is 1. The maximum Gasteiger partial charge on any atom is 0.229 e. The second-order valence-corrected chi connectivity index (χ2v) is 7.15. The average Bonchev–Trinajstić information content (AvgIpc) is 3.43. The van der Waals surface area contributed by atoms with Crippen molar-refractivity contribution in [2.75, 3.05) is 25.6 Å². The van der Waals surface area contributed by atoms with Crippen molar-refractivity contribution in [2.45, 2.75) is 19.0 Å². The molecule has 32 heavy (non-hydrogen) atoms. The van der Waals surface area contributed by atoms with Gasteiger partial charge in [-0.3, -0.25) is 14.9 Å². The van der Waals surface area contributed by atoms with E-state index in [1.807, 2.05) is 54.6 Å². The van der Waals surface area contributed by atoms with Crippen molar-refractivity contribution >= 4 is 41.5 Å². The standard InChI is InChI=1S/C22H25N7O2.HI/c1-23-22(25-16-12-20(30)29(14-16)17-6-4-3-5-7-17)24-13-19-26-21(28-27-19)15-8-10-18(31-2)11-9-15;/h3-11,16H,12-14H2,1-2H3,(H2,23,24,25)(H,26,27,28);1H. The summed E-state index contributed by atoms with van der Waals surface area (Å²) in [5, 5.41) is 13.8. The molecule has 0 saturated carbocycles. The molecular weight excluding hydrogens is 521 g/mol. The predicted octanol–water partition coefficient (Wildman–Crippen LogP) is 2.57. The van der Waals surface area contributed by atoms with Crippen molar-refractivity contribution in [3.63, 3.8) is 0 Å². The van der Waals surface area contributed by atoms with Crippen LogP contribution < -0.4 is 20.3 Å². The molecule has 1 fully saturated rings. The van der Waals surface area contributed by atoms with Crippen LogP contribution in [0.25, 0.3) is 11.4 Å². The first kappa shape index (κ1) is 23.5. The number of aromatic amines is 1. The largest absolute Gasteiger partial charge is 0.497 e. The molecule has 1 saturated heterocycles. The van der Waals surface area contributed by atoms with Crippen molar-refractivity contribution < 1.29 is 9.53 Å². The average molecular weight is 547 g/mol. The van der Waals surface area contributed by atoms with Gasteiger partial charge in [-0.05, 0) is 36.4 Å². The predicted molar refractivity (Wildman–Crippen MR) is 134 cm³/mol. The van der Waals surface area contributed by atoms with Gasteiger partial charge < -0.3 is 20.3 Å². The van der Waals surface area contributed by atoms with E-state index in [2.05, 4.69) is 30.8 Å². The molecule has 1 aromatic heterocycles. The molecule has 9 nitrogen and oxygen atoms in total. The number of amides is 1. The van der Waals surface area contributed by atoms with Crippen LogP contribution in [0, 0.1) is 0 Å². The first-order valence-corrected chi connectivity index (χ1v) is 10.0. The molecule has 168 valence electrons. The first-order chi connectivity index (χ1) is 15.2. The minimum absolute atomic E-state index is 0. The number of benzene rings is 2. The molecule has 4 rings (SSSR count). The fraction of sp³-hybridized carbons (Fsp3) is 0.273. The number of hydrogen-bond donors (Lipinski definition) is 3. The Hall–Kier alpha value is -3.15. The Bertz CT molecular complexity index is 1050. The first-order valence-electron chi connectivity index (χ1n) is 10.0. The van der Waals surface area contributed by atoms with E-state index in [4.69, 9.17) is 4.74 Å². The number of H-pyrrole nitrogens is 1. The summed E-state index contributed by atoms with van der Waals surface area (Å²) < 4.78 is 5.18. The van der Waals surface area contributed by atoms with Gasteiger partial charge in [0.2, 0.25) is 5.91 Å². The Balaban J connectivity index is 0.00000289. The SMILES string of the molecule is CN=C(NCc1nc(-c2ccc(OC)cc2)n[nH]1)NC1CC(=O)N(c2ccccc2)C1.I. The van der Waals surface area contributed by atoms with E-state index >= 15 is 0 Å². The van der Waals surface area contributed by atoms with Crippen LogP contribution in [-0.4, -0.2) is 53.8 Å². The Morgan fingerprint density at radius 3 is 2.66 bits per heavy atom. The van der Waals surface area contributed by atoms with E-state index in [0.717, 1.165) is 17.0 Å². The van der Waals surface area contributed by atoms with Crippen LogP contribution >= 0.6 is 24.0 Å². The van der Waals surface area contributed by atoms with Gasteiger partial charge in [0, 0.05) is 31.3 Å². The number of ether oxygens (including phenoxy) is 1. The summed E-state index contributed by atoms with van der Waals surface area (Å²) in [4.78, 5) is 23.0. The molecule has 2 heterocycles. The molecule has 1 aliphatic heterocycles. The van der Waals surface area contributed by atoms with Gasteiger partial charge in [-0.2, -0.15) is 5.10 Å². The van der Waals surface area contributed by atoms with Crippen LogP contribution in [0.2, 0.25) is 0 Å². The monoisotopic (exact) mass is 547 g/mol. The van der Waals surface area contributed by atoms with Gasteiger partial charge in [0.05, 0.1) is 19.7 Å². The Morgan fingerprint density at radius 2 is 1.97 bits per heavy atom. The van der Waals surface area contributed by atoms with E-state index in [1.54, 1.807) is 19.1 Å². The molecule has 2 aromatic carbocycles. The van der Waals surface area contributed by atoms with Crippen LogP contribution in [0.3, 0.4) is 0 Å². The quantitative estimate of drug-likeness (QED) is 0.249.